The van der Waals surface area contributed by atoms with Crippen LogP contribution in [0, 0.1) is 39.1 Å². The standard InChI is InChI=1S/C20H25O6.C19H22NO8.C18H22O6.2Re.2Rf/c1-6-25-16(21)10-8-12(2)7-9-14-18(23-4)13(3)15-11-26-20(22)17(15)19(14)24-5;1-11(6-8-15(21)27-10-28-20-23)5-7-13-17(24-3)12(2)14-9-26-19(22)16(14)18(13)25-4;1-10(6-8-14(19)20)5-7-12-16(22-3)11(2)13-9-24-18(21)15(13)17(12)23-4;;;;/h6-7H,8-11H2,1-5H3;5,10H,6-9H2,1-4H3;5H,6-9H2,1-4H3,(H,19,20);;;;/q2*-1;;;;;/b12-7+;11-5+;10-5+;;;;. The molecule has 0 unspecified atom stereocenters. The van der Waals surface area contributed by atoms with Crippen molar-refractivity contribution in [3.05, 3.63) is 120 Å². The third-order valence-corrected chi connectivity index (χ3v) is 13.1. The molecule has 0 atom stereocenters. The number of carbonyl (C=O) groups is 6. The summed E-state index contributed by atoms with van der Waals surface area (Å²) in [4.78, 5) is 83.6. The maximum atomic E-state index is 12.1. The molecule has 3 aromatic rings. The van der Waals surface area contributed by atoms with Gasteiger partial charge in [-0.05, 0) is 96.8 Å². The maximum Gasteiger partial charge on any atom is 0.342 e. The van der Waals surface area contributed by atoms with Crippen LogP contribution in [0.25, 0.3) is 0 Å². The number of nitrogens with zero attached hydrogens (tertiary/aromatic N) is 1. The van der Waals surface area contributed by atoms with E-state index >= 15 is 0 Å². The Morgan fingerprint density at radius 3 is 1.07 bits per heavy atom. The van der Waals surface area contributed by atoms with E-state index in [4.69, 9.17) is 52.5 Å². The summed E-state index contributed by atoms with van der Waals surface area (Å²) in [5, 5.41) is 10.8. The quantitative estimate of drug-likeness (QED) is 0.0157. The van der Waals surface area contributed by atoms with E-state index in [0.29, 0.717) is 103 Å². The minimum absolute atomic E-state index is 0. The number of carboxylic acid groups (broad SMARTS) is 1. The number of methoxy groups -OCH3 is 6. The zero-order chi connectivity index (χ0) is 57.8. The molecule has 0 fully saturated rings. The van der Waals surface area contributed by atoms with Crippen molar-refractivity contribution in [2.45, 2.75) is 126 Å². The van der Waals surface area contributed by atoms with Gasteiger partial charge < -0.3 is 62.0 Å². The largest absolute Gasteiger partial charge is 0.637 e. The van der Waals surface area contributed by atoms with Gasteiger partial charge in [0.2, 0.25) is 0 Å². The molecular formula is C57H69NO20Re2Rf2-2. The molecule has 25 heteroatoms. The van der Waals surface area contributed by atoms with Crippen LogP contribution in [-0.4, -0.2) is 83.6 Å². The molecule has 3 heterocycles. The molecule has 82 heavy (non-hydrogen) atoms. The second-order valence-electron chi connectivity index (χ2n) is 17.9. The van der Waals surface area contributed by atoms with E-state index in [0.717, 1.165) is 66.8 Å². The molecule has 3 aliphatic rings. The van der Waals surface area contributed by atoms with Gasteiger partial charge in [-0.1, -0.05) is 34.9 Å². The minimum Gasteiger partial charge on any atom is -0.637 e. The van der Waals surface area contributed by atoms with Crippen LogP contribution in [0.4, 0.5) is 0 Å². The van der Waals surface area contributed by atoms with Crippen LogP contribution in [-0.2, 0) is 123 Å². The fraction of sp³-hybridized carbons (Fsp3) is 0.439. The monoisotopic (exact) mass is 2000 g/mol. The molecule has 3 aromatic carbocycles. The zero-order valence-electron chi connectivity index (χ0n) is 48.7. The normalized spacial score (nSPS) is 12.5. The average Bonchev–Trinajstić information content (AvgIpc) is 4.14. The van der Waals surface area contributed by atoms with Gasteiger partial charge >= 0.3 is 23.9 Å². The smallest absolute Gasteiger partial charge is 0.342 e. The summed E-state index contributed by atoms with van der Waals surface area (Å²) in [7, 11) is 9.29. The van der Waals surface area contributed by atoms with E-state index in [9.17, 15) is 33.7 Å². The molecule has 0 saturated heterocycles. The first kappa shape index (κ1) is 73.2. The molecule has 0 aromatic heterocycles. The fourth-order valence-corrected chi connectivity index (χ4v) is 9.08. The van der Waals surface area contributed by atoms with Crippen molar-refractivity contribution in [2.75, 3.05) is 42.7 Å². The summed E-state index contributed by atoms with van der Waals surface area (Å²) in [6, 6.07) is 0. The van der Waals surface area contributed by atoms with Crippen molar-refractivity contribution in [3.63, 3.8) is 0 Å². The van der Waals surface area contributed by atoms with Gasteiger partial charge in [-0.2, -0.15) is 13.5 Å². The Hall–Kier alpha value is -8.78. The van der Waals surface area contributed by atoms with E-state index in [-0.39, 0.29) is 91.4 Å². The Morgan fingerprint density at radius 1 is 0.512 bits per heavy atom. The molecule has 0 saturated carbocycles. The predicted octanol–water partition coefficient (Wildman–Crippen LogP) is 10.0. The Morgan fingerprint density at radius 2 is 0.805 bits per heavy atom. The van der Waals surface area contributed by atoms with Crippen molar-refractivity contribution in [1.82, 2.24) is 0 Å². The summed E-state index contributed by atoms with van der Waals surface area (Å²) in [5.41, 5.74) is 11.6. The molecular weight excluding hydrogens is 1930 g/mol. The Kier molecular flexibility index (Phi) is 31.3. The summed E-state index contributed by atoms with van der Waals surface area (Å²) < 4.78 is 58.0. The Bertz CT molecular complexity index is 2870. The number of allylic oxidation sites excluding steroid dienone is 6. The molecule has 21 nitrogen and oxygen atoms in total. The van der Waals surface area contributed by atoms with Crippen LogP contribution >= 0.6 is 0 Å². The van der Waals surface area contributed by atoms with Crippen molar-refractivity contribution in [3.8, 4) is 34.5 Å². The van der Waals surface area contributed by atoms with Gasteiger partial charge in [-0.3, -0.25) is 14.4 Å². The molecule has 6 rings (SSSR count). The SMILES string of the molecule is COc1c(C)c2c(c(OC)c1C/C=C(\C)CCC(=O)O)C(=O)OC2.COc1c(C)c2c(c(OC)c1C/C=C(\C)CCC(=O)O[CH-]ON=O)C(=O)OC2.C[CH-]OC(=O)CC/C(C)=C/Cc1c(OC)c(C)c2c(c1OC)C(=O)OC2.[Re].[Re].[Rf].[Rf]. The van der Waals surface area contributed by atoms with E-state index in [1.165, 1.54) is 27.9 Å². The van der Waals surface area contributed by atoms with Gasteiger partial charge in [0.15, 0.2) is 0 Å². The minimum atomic E-state index is -0.825. The van der Waals surface area contributed by atoms with Crippen LogP contribution in [0.3, 0.4) is 0 Å². The van der Waals surface area contributed by atoms with Crippen LogP contribution in [0.5, 0.6) is 34.5 Å². The third-order valence-electron chi connectivity index (χ3n) is 13.1. The van der Waals surface area contributed by atoms with Gasteiger partial charge in [0, 0.05) is 100 Å². The van der Waals surface area contributed by atoms with E-state index in [1.807, 2.05) is 59.8 Å². The average molecular weight is 1990 g/mol. The number of rotatable bonds is 25. The Balaban J connectivity index is 0.00000117. The molecule has 2 radical (unpaired) electrons. The molecule has 442 valence electrons. The van der Waals surface area contributed by atoms with Crippen LogP contribution in [0.15, 0.2) is 40.3 Å². The van der Waals surface area contributed by atoms with E-state index in [1.54, 1.807) is 28.3 Å². The number of esters is 5. The predicted molar refractivity (Wildman–Crippen MR) is 281 cm³/mol. The van der Waals surface area contributed by atoms with Crippen molar-refractivity contribution < 1.29 is 132 Å². The number of benzene rings is 3. The third kappa shape index (κ3) is 17.9. The summed E-state index contributed by atoms with van der Waals surface area (Å²) >= 11 is 0. The van der Waals surface area contributed by atoms with Crippen LogP contribution in [0.2, 0.25) is 0 Å². The number of hydrogen-bond acceptors (Lipinski definition) is 20. The summed E-state index contributed by atoms with van der Waals surface area (Å²) in [6.07, 6.45) is 9.35. The summed E-state index contributed by atoms with van der Waals surface area (Å²) in [5.74, 6) is 0.611. The van der Waals surface area contributed by atoms with Crippen LogP contribution < -0.4 is 28.4 Å². The van der Waals surface area contributed by atoms with Crippen molar-refractivity contribution in [1.29, 1.82) is 0 Å². The molecule has 0 aliphatic carbocycles. The van der Waals surface area contributed by atoms with Crippen molar-refractivity contribution >= 4 is 35.8 Å². The number of carbonyl (C=O) groups excluding carboxylic acids is 5. The number of cyclic esters (lactones) is 3. The maximum absolute atomic E-state index is 12.1. The fourth-order valence-electron chi connectivity index (χ4n) is 9.08. The van der Waals surface area contributed by atoms with E-state index in [2.05, 4.69) is 14.9 Å². The number of fused-ring (bicyclic) bond motifs is 3. The first-order valence-electron chi connectivity index (χ1n) is 24.7. The first-order chi connectivity index (χ1) is 37.3. The van der Waals surface area contributed by atoms with Gasteiger partial charge in [-0.15, -0.1) is 4.91 Å². The van der Waals surface area contributed by atoms with Gasteiger partial charge in [0.05, 0.1) is 42.7 Å². The Labute approximate surface area is 493 Å². The first-order valence-corrected chi connectivity index (χ1v) is 24.7. The van der Waals surface area contributed by atoms with E-state index < -0.39 is 17.9 Å². The number of ether oxygens (including phenoxy) is 11. The van der Waals surface area contributed by atoms with Gasteiger partial charge in [-0.25, -0.2) is 14.4 Å². The second kappa shape index (κ2) is 35.1. The van der Waals surface area contributed by atoms with Gasteiger partial charge in [0.25, 0.3) is 11.9 Å². The molecule has 3 aliphatic heterocycles. The number of hydrogen-bond donors (Lipinski definition) is 1. The molecule has 0 bridgehead atoms. The molecule has 0 spiro atoms. The summed E-state index contributed by atoms with van der Waals surface area (Å²) in [6.45, 7) is 15.7. The van der Waals surface area contributed by atoms with Crippen molar-refractivity contribution in [2.24, 2.45) is 5.34 Å². The second-order valence-corrected chi connectivity index (χ2v) is 17.9. The molecule has 1 N–H and O–H groups in total. The zero-order valence-corrected chi connectivity index (χ0v) is 66.9. The van der Waals surface area contributed by atoms with Gasteiger partial charge in [0.1, 0.15) is 76.3 Å². The topological polar surface area (TPSA) is 263 Å². The number of aliphatic carboxylic acids is 1. The number of carboxylic acids is 1. The van der Waals surface area contributed by atoms with Crippen LogP contribution in [0.1, 0.15) is 147 Å². The molecule has 0 amide bonds.